The minimum Gasteiger partial charge on any atom is -0.456 e. The van der Waals surface area contributed by atoms with Crippen molar-refractivity contribution in [1.29, 1.82) is 0 Å². The van der Waals surface area contributed by atoms with Gasteiger partial charge in [-0.25, -0.2) is 4.79 Å². The summed E-state index contributed by atoms with van der Waals surface area (Å²) in [5, 5.41) is 2.68. The van der Waals surface area contributed by atoms with Crippen LogP contribution in [0.3, 0.4) is 0 Å². The van der Waals surface area contributed by atoms with Crippen molar-refractivity contribution in [2.45, 2.75) is 52.5 Å². The lowest BCUT2D eigenvalue weighted by Gasteiger charge is -2.24. The number of hydrogen-bond donors (Lipinski definition) is 3. The highest BCUT2D eigenvalue weighted by Crippen LogP contribution is 2.18. The molecule has 0 aliphatic carbocycles. The molecule has 2 rings (SSSR count). The van der Waals surface area contributed by atoms with Crippen LogP contribution in [0.15, 0.2) is 39.9 Å². The Labute approximate surface area is 203 Å². The highest BCUT2D eigenvalue weighted by Gasteiger charge is 2.24. The second-order valence-electron chi connectivity index (χ2n) is 8.06. The number of H-pyrrole nitrogens is 1. The highest BCUT2D eigenvalue weighted by molar-refractivity contribution is 5.97. The number of nitrogens with zero attached hydrogens (tertiary/aromatic N) is 2. The van der Waals surface area contributed by atoms with Crippen molar-refractivity contribution in [3.8, 4) is 0 Å². The Bertz CT molecular complexity index is 1130. The molecule has 1 heterocycles. The van der Waals surface area contributed by atoms with Gasteiger partial charge in [-0.3, -0.25) is 28.7 Å². The van der Waals surface area contributed by atoms with Crippen LogP contribution < -0.4 is 27.2 Å². The van der Waals surface area contributed by atoms with E-state index in [1.807, 2.05) is 37.3 Å². The standard InChI is InChI=1S/C24H33N5O6/c1-3-14-28(19(31)16-35-20(32)12-8-5-9-13-26-17(2)30)21-22(25)29(24(34)27-23(21)33)15-18-10-6-4-7-11-18/h4,6-7,10-11H,3,5,8-9,12-16,25H2,1-2H3,(H,26,30)(H,27,33,34). The molecular weight excluding hydrogens is 454 g/mol. The van der Waals surface area contributed by atoms with Crippen LogP contribution in [0.2, 0.25) is 0 Å². The van der Waals surface area contributed by atoms with Crippen molar-refractivity contribution in [3.63, 3.8) is 0 Å². The second kappa shape index (κ2) is 13.7. The zero-order chi connectivity index (χ0) is 25.8. The summed E-state index contributed by atoms with van der Waals surface area (Å²) >= 11 is 0. The first kappa shape index (κ1) is 27.4. The molecule has 1 aromatic carbocycles. The van der Waals surface area contributed by atoms with Gasteiger partial charge in [0.15, 0.2) is 12.3 Å². The van der Waals surface area contributed by atoms with Gasteiger partial charge in [0.1, 0.15) is 5.82 Å². The number of nitrogens with one attached hydrogen (secondary N) is 2. The van der Waals surface area contributed by atoms with Crippen molar-refractivity contribution in [2.24, 2.45) is 0 Å². The number of ether oxygens (including phenoxy) is 1. The molecule has 0 saturated heterocycles. The summed E-state index contributed by atoms with van der Waals surface area (Å²) in [6.45, 7) is 3.50. The van der Waals surface area contributed by atoms with Gasteiger partial charge in [0.2, 0.25) is 5.91 Å². The van der Waals surface area contributed by atoms with Crippen molar-refractivity contribution in [3.05, 3.63) is 56.7 Å². The number of rotatable bonds is 13. The molecule has 11 nitrogen and oxygen atoms in total. The van der Waals surface area contributed by atoms with Gasteiger partial charge in [-0.2, -0.15) is 0 Å². The van der Waals surface area contributed by atoms with E-state index in [0.29, 0.717) is 19.4 Å². The van der Waals surface area contributed by atoms with Crippen LogP contribution in [0.4, 0.5) is 11.5 Å². The molecule has 0 spiro atoms. The molecule has 0 fully saturated rings. The number of benzene rings is 1. The maximum Gasteiger partial charge on any atom is 0.330 e. The molecule has 2 amide bonds. The van der Waals surface area contributed by atoms with Gasteiger partial charge in [0.05, 0.1) is 6.54 Å². The summed E-state index contributed by atoms with van der Waals surface area (Å²) in [4.78, 5) is 64.2. The third kappa shape index (κ3) is 8.43. The number of anilines is 2. The highest BCUT2D eigenvalue weighted by atomic mass is 16.5. The Hall–Kier alpha value is -3.89. The summed E-state index contributed by atoms with van der Waals surface area (Å²) in [7, 11) is 0. The van der Waals surface area contributed by atoms with Crippen molar-refractivity contribution >= 4 is 29.3 Å². The Kier molecular flexibility index (Phi) is 10.7. The van der Waals surface area contributed by atoms with Crippen LogP contribution in [0.25, 0.3) is 0 Å². The van der Waals surface area contributed by atoms with Crippen LogP contribution in [0, 0.1) is 0 Å². The predicted molar refractivity (Wildman–Crippen MR) is 132 cm³/mol. The smallest absolute Gasteiger partial charge is 0.330 e. The first-order chi connectivity index (χ1) is 16.7. The van der Waals surface area contributed by atoms with Crippen molar-refractivity contribution in [1.82, 2.24) is 14.9 Å². The lowest BCUT2D eigenvalue weighted by atomic mass is 10.2. The number of nitrogens with two attached hydrogens (primary N) is 1. The molecule has 0 aliphatic heterocycles. The molecule has 4 N–H and O–H groups in total. The van der Waals surface area contributed by atoms with Gasteiger partial charge in [0, 0.05) is 26.4 Å². The van der Waals surface area contributed by atoms with E-state index < -0.39 is 29.7 Å². The maximum atomic E-state index is 12.9. The number of aromatic nitrogens is 2. The molecule has 0 atom stereocenters. The average Bonchev–Trinajstić information content (AvgIpc) is 2.82. The number of amides is 2. The van der Waals surface area contributed by atoms with E-state index in [4.69, 9.17) is 10.5 Å². The molecule has 35 heavy (non-hydrogen) atoms. The van der Waals surface area contributed by atoms with Gasteiger partial charge >= 0.3 is 11.7 Å². The molecule has 0 saturated carbocycles. The summed E-state index contributed by atoms with van der Waals surface area (Å²) in [6.07, 6.45) is 2.65. The van der Waals surface area contributed by atoms with E-state index in [1.54, 1.807) is 0 Å². The van der Waals surface area contributed by atoms with Gasteiger partial charge in [-0.15, -0.1) is 0 Å². The number of nitrogen functional groups attached to an aromatic ring is 1. The third-order valence-electron chi connectivity index (χ3n) is 5.20. The van der Waals surface area contributed by atoms with Crippen LogP contribution in [0.5, 0.6) is 0 Å². The van der Waals surface area contributed by atoms with Gasteiger partial charge in [-0.05, 0) is 24.8 Å². The fourth-order valence-corrected chi connectivity index (χ4v) is 3.47. The van der Waals surface area contributed by atoms with Crippen molar-refractivity contribution < 1.29 is 19.1 Å². The van der Waals surface area contributed by atoms with E-state index in [2.05, 4.69) is 10.3 Å². The van der Waals surface area contributed by atoms with Crippen LogP contribution in [-0.2, 0) is 25.7 Å². The third-order valence-corrected chi connectivity index (χ3v) is 5.20. The number of carbonyl (C=O) groups is 3. The predicted octanol–water partition coefficient (Wildman–Crippen LogP) is 1.15. The lowest BCUT2D eigenvalue weighted by Crippen LogP contribution is -2.43. The number of hydrogen-bond acceptors (Lipinski definition) is 7. The largest absolute Gasteiger partial charge is 0.456 e. The molecule has 0 bridgehead atoms. The Morgan fingerprint density at radius 3 is 2.49 bits per heavy atom. The average molecular weight is 488 g/mol. The first-order valence-corrected chi connectivity index (χ1v) is 11.6. The molecular formula is C24H33N5O6. The monoisotopic (exact) mass is 487 g/mol. The summed E-state index contributed by atoms with van der Waals surface area (Å²) in [5.74, 6) is -1.40. The number of esters is 1. The minimum atomic E-state index is -0.788. The topological polar surface area (TPSA) is 157 Å². The van der Waals surface area contributed by atoms with Gasteiger partial charge in [-0.1, -0.05) is 43.7 Å². The molecule has 190 valence electrons. The quantitative estimate of drug-likeness (QED) is 0.282. The van der Waals surface area contributed by atoms with Crippen LogP contribution in [-0.4, -0.2) is 47.0 Å². The molecule has 0 radical (unpaired) electrons. The van der Waals surface area contributed by atoms with Crippen LogP contribution >= 0.6 is 0 Å². The van der Waals surface area contributed by atoms with Gasteiger partial charge in [0.25, 0.3) is 11.5 Å². The van der Waals surface area contributed by atoms with E-state index in [1.165, 1.54) is 11.5 Å². The zero-order valence-electron chi connectivity index (χ0n) is 20.2. The SMILES string of the molecule is CCCN(C(=O)COC(=O)CCCCCNC(C)=O)c1c(N)n(Cc2ccccc2)c(=O)[nH]c1=O. The lowest BCUT2D eigenvalue weighted by molar-refractivity contribution is -0.148. The second-order valence-corrected chi connectivity index (χ2v) is 8.06. The maximum absolute atomic E-state index is 12.9. The van der Waals surface area contributed by atoms with E-state index in [-0.39, 0.29) is 36.9 Å². The normalized spacial score (nSPS) is 10.6. The molecule has 0 aliphatic rings. The molecule has 1 aromatic heterocycles. The fourth-order valence-electron chi connectivity index (χ4n) is 3.47. The number of unbranched alkanes of at least 4 members (excludes halogenated alkanes) is 2. The summed E-state index contributed by atoms with van der Waals surface area (Å²) in [6, 6.07) is 9.08. The van der Waals surface area contributed by atoms with E-state index in [9.17, 15) is 24.0 Å². The zero-order valence-corrected chi connectivity index (χ0v) is 20.2. The molecule has 0 unspecified atom stereocenters. The van der Waals surface area contributed by atoms with Crippen molar-refractivity contribution in [2.75, 3.05) is 30.3 Å². The summed E-state index contributed by atoms with van der Waals surface area (Å²) in [5.41, 5.74) is 5.36. The first-order valence-electron chi connectivity index (χ1n) is 11.6. The molecule has 11 heteroatoms. The van der Waals surface area contributed by atoms with Crippen LogP contribution in [0.1, 0.15) is 51.5 Å². The number of aromatic amines is 1. The number of carbonyl (C=O) groups excluding carboxylic acids is 3. The fraction of sp³-hybridized carbons (Fsp3) is 0.458. The van der Waals surface area contributed by atoms with E-state index >= 15 is 0 Å². The summed E-state index contributed by atoms with van der Waals surface area (Å²) < 4.78 is 6.29. The van der Waals surface area contributed by atoms with E-state index in [0.717, 1.165) is 23.3 Å². The van der Waals surface area contributed by atoms with Gasteiger partial charge < -0.3 is 20.7 Å². The Balaban J connectivity index is 2.07. The minimum absolute atomic E-state index is 0.102. The Morgan fingerprint density at radius 1 is 1.11 bits per heavy atom. The Morgan fingerprint density at radius 2 is 1.83 bits per heavy atom. The molecule has 2 aromatic rings.